The number of morpholine rings is 1. The Kier molecular flexibility index (Phi) is 6.34. The fourth-order valence-corrected chi connectivity index (χ4v) is 4.04. The molecule has 1 fully saturated rings. The summed E-state index contributed by atoms with van der Waals surface area (Å²) in [4.78, 5) is 14.3. The van der Waals surface area contributed by atoms with Gasteiger partial charge in [0.2, 0.25) is 5.91 Å². The summed E-state index contributed by atoms with van der Waals surface area (Å²) in [5, 5.41) is 11.7. The van der Waals surface area contributed by atoms with Crippen molar-refractivity contribution in [1.82, 2.24) is 14.8 Å². The maximum Gasteiger partial charge on any atom is 0.234 e. The first-order valence-corrected chi connectivity index (χ1v) is 10.7. The summed E-state index contributed by atoms with van der Waals surface area (Å²) in [6.07, 6.45) is 1.58. The van der Waals surface area contributed by atoms with E-state index in [0.717, 1.165) is 0 Å². The molecular weight excluding hydrogens is 409 g/mol. The molecule has 3 heterocycles. The number of carbonyl (C=O) groups excluding carboxylic acids is 1. The molecule has 0 spiro atoms. The van der Waals surface area contributed by atoms with E-state index in [1.165, 1.54) is 17.8 Å². The lowest BCUT2D eigenvalue weighted by atomic mass is 10.2. The lowest BCUT2D eigenvalue weighted by molar-refractivity contribution is -0.113. The monoisotopic (exact) mass is 431 g/mol. The van der Waals surface area contributed by atoms with Crippen molar-refractivity contribution < 1.29 is 18.3 Å². The van der Waals surface area contributed by atoms with Crippen LogP contribution in [-0.4, -0.2) is 52.7 Å². The van der Waals surface area contributed by atoms with E-state index >= 15 is 0 Å². The van der Waals surface area contributed by atoms with E-state index < -0.39 is 0 Å². The van der Waals surface area contributed by atoms with Crippen LogP contribution in [0.5, 0.6) is 0 Å². The molecule has 10 heteroatoms. The number of nitrogens with one attached hydrogen (secondary N) is 1. The molecule has 8 nitrogen and oxygen atoms in total. The molecule has 30 heavy (non-hydrogen) atoms. The summed E-state index contributed by atoms with van der Waals surface area (Å²) < 4.78 is 27.1. The number of furan rings is 1. The molecule has 1 aromatic carbocycles. The number of aromatic nitrogens is 3. The highest BCUT2D eigenvalue weighted by atomic mass is 32.2. The van der Waals surface area contributed by atoms with Gasteiger partial charge in [-0.25, -0.2) is 4.39 Å². The van der Waals surface area contributed by atoms with E-state index in [0.29, 0.717) is 61.0 Å². The summed E-state index contributed by atoms with van der Waals surface area (Å²) in [5.41, 5.74) is 0.940. The van der Waals surface area contributed by atoms with Crippen LogP contribution in [0.2, 0.25) is 0 Å². The molecule has 1 amide bonds. The molecule has 0 radical (unpaired) electrons. The van der Waals surface area contributed by atoms with Crippen molar-refractivity contribution in [3.8, 4) is 11.6 Å². The number of halogens is 1. The number of amides is 1. The summed E-state index contributed by atoms with van der Waals surface area (Å²) in [5.74, 6) is 0.755. The molecule has 4 rings (SSSR count). The van der Waals surface area contributed by atoms with Crippen molar-refractivity contribution >= 4 is 29.0 Å². The molecule has 0 saturated carbocycles. The molecule has 2 aromatic heterocycles. The molecule has 1 aliphatic rings. The van der Waals surface area contributed by atoms with Crippen LogP contribution in [0.25, 0.3) is 11.6 Å². The van der Waals surface area contributed by atoms with Crippen LogP contribution < -0.4 is 10.2 Å². The highest BCUT2D eigenvalue weighted by Crippen LogP contribution is 2.26. The standard InChI is InChI=1S/C20H22FN5O3S/c1-2-26-19(17-4-3-9-29-17)23-24-20(26)30-13-18(27)22-14-5-6-16(15(21)12-14)25-7-10-28-11-8-25/h3-6,9,12H,2,7-8,10-11,13H2,1H3,(H,22,27). The SMILES string of the molecule is CCn1c(SCC(=O)Nc2ccc(N3CCOCC3)c(F)c2)nnc1-c1ccco1. The molecule has 3 aromatic rings. The van der Waals surface area contributed by atoms with Crippen LogP contribution in [0, 0.1) is 5.82 Å². The van der Waals surface area contributed by atoms with E-state index in [2.05, 4.69) is 15.5 Å². The molecule has 0 unspecified atom stereocenters. The number of ether oxygens (including phenoxy) is 1. The lowest BCUT2D eigenvalue weighted by Crippen LogP contribution is -2.36. The second-order valence-electron chi connectivity index (χ2n) is 6.63. The minimum absolute atomic E-state index is 0.128. The number of nitrogens with zero attached hydrogens (tertiary/aromatic N) is 4. The highest BCUT2D eigenvalue weighted by molar-refractivity contribution is 7.99. The number of rotatable bonds is 7. The van der Waals surface area contributed by atoms with Crippen LogP contribution in [0.15, 0.2) is 46.2 Å². The topological polar surface area (TPSA) is 85.4 Å². The Balaban J connectivity index is 1.37. The molecule has 0 atom stereocenters. The van der Waals surface area contributed by atoms with Crippen LogP contribution in [0.3, 0.4) is 0 Å². The average molecular weight is 431 g/mol. The van der Waals surface area contributed by atoms with E-state index in [1.54, 1.807) is 24.5 Å². The largest absolute Gasteiger partial charge is 0.461 e. The van der Waals surface area contributed by atoms with E-state index in [-0.39, 0.29) is 17.5 Å². The third-order valence-corrected chi connectivity index (χ3v) is 5.66. The van der Waals surface area contributed by atoms with Crippen molar-refractivity contribution in [1.29, 1.82) is 0 Å². The smallest absolute Gasteiger partial charge is 0.234 e. The van der Waals surface area contributed by atoms with Gasteiger partial charge in [0.1, 0.15) is 5.82 Å². The summed E-state index contributed by atoms with van der Waals surface area (Å²) in [7, 11) is 0. The second kappa shape index (κ2) is 9.31. The summed E-state index contributed by atoms with van der Waals surface area (Å²) in [6, 6.07) is 8.34. The van der Waals surface area contributed by atoms with Gasteiger partial charge in [0.15, 0.2) is 16.7 Å². The van der Waals surface area contributed by atoms with Crippen molar-refractivity contribution in [2.75, 3.05) is 42.3 Å². The number of thioether (sulfide) groups is 1. The predicted octanol–water partition coefficient (Wildman–Crippen LogP) is 3.26. The van der Waals surface area contributed by atoms with E-state index in [1.807, 2.05) is 22.5 Å². The first-order chi connectivity index (χ1) is 14.7. The van der Waals surface area contributed by atoms with Crippen LogP contribution in [-0.2, 0) is 16.1 Å². The van der Waals surface area contributed by atoms with Crippen molar-refractivity contribution in [2.24, 2.45) is 0 Å². The molecule has 0 bridgehead atoms. The molecule has 1 saturated heterocycles. The van der Waals surface area contributed by atoms with E-state index in [9.17, 15) is 9.18 Å². The summed E-state index contributed by atoms with van der Waals surface area (Å²) >= 11 is 1.27. The Morgan fingerprint density at radius 1 is 1.27 bits per heavy atom. The zero-order valence-corrected chi connectivity index (χ0v) is 17.3. The van der Waals surface area contributed by atoms with Crippen molar-refractivity contribution in [3.63, 3.8) is 0 Å². The Morgan fingerprint density at radius 3 is 2.80 bits per heavy atom. The third-order valence-electron chi connectivity index (χ3n) is 4.69. The van der Waals surface area contributed by atoms with Gasteiger partial charge in [-0.3, -0.25) is 9.36 Å². The number of hydrogen-bond donors (Lipinski definition) is 1. The average Bonchev–Trinajstić information content (AvgIpc) is 3.42. The minimum atomic E-state index is -0.365. The maximum atomic E-state index is 14.5. The molecular formula is C20H22FN5O3S. The summed E-state index contributed by atoms with van der Waals surface area (Å²) in [6.45, 7) is 5.08. The van der Waals surface area contributed by atoms with Crippen molar-refractivity contribution in [3.05, 3.63) is 42.4 Å². The van der Waals surface area contributed by atoms with Gasteiger partial charge in [-0.15, -0.1) is 10.2 Å². The fraction of sp³-hybridized carbons (Fsp3) is 0.350. The van der Waals surface area contributed by atoms with Gasteiger partial charge < -0.3 is 19.4 Å². The van der Waals surface area contributed by atoms with Crippen molar-refractivity contribution in [2.45, 2.75) is 18.6 Å². The minimum Gasteiger partial charge on any atom is -0.461 e. The van der Waals surface area contributed by atoms with E-state index in [4.69, 9.17) is 9.15 Å². The van der Waals surface area contributed by atoms with Gasteiger partial charge in [0.25, 0.3) is 0 Å². The van der Waals surface area contributed by atoms with Gasteiger partial charge in [0.05, 0.1) is 30.9 Å². The first kappa shape index (κ1) is 20.4. The normalized spacial score (nSPS) is 14.1. The number of carbonyl (C=O) groups is 1. The highest BCUT2D eigenvalue weighted by Gasteiger charge is 2.18. The van der Waals surface area contributed by atoms with Gasteiger partial charge in [-0.1, -0.05) is 11.8 Å². The third kappa shape index (κ3) is 4.49. The predicted molar refractivity (Wildman–Crippen MR) is 112 cm³/mol. The van der Waals surface area contributed by atoms with Gasteiger partial charge in [-0.2, -0.15) is 0 Å². The second-order valence-corrected chi connectivity index (χ2v) is 7.57. The van der Waals surface area contributed by atoms with Crippen LogP contribution >= 0.6 is 11.8 Å². The Bertz CT molecular complexity index is 1000. The van der Waals surface area contributed by atoms with Gasteiger partial charge in [0, 0.05) is 25.3 Å². The first-order valence-electron chi connectivity index (χ1n) is 9.67. The molecule has 158 valence electrons. The molecule has 1 aliphatic heterocycles. The number of benzene rings is 1. The Labute approximate surface area is 177 Å². The zero-order valence-electron chi connectivity index (χ0n) is 16.5. The Morgan fingerprint density at radius 2 is 2.10 bits per heavy atom. The maximum absolute atomic E-state index is 14.5. The zero-order chi connectivity index (χ0) is 20.9. The fourth-order valence-electron chi connectivity index (χ4n) is 3.24. The lowest BCUT2D eigenvalue weighted by Gasteiger charge is -2.29. The Hall–Kier alpha value is -2.85. The van der Waals surface area contributed by atoms with Gasteiger partial charge >= 0.3 is 0 Å². The molecule has 1 N–H and O–H groups in total. The van der Waals surface area contributed by atoms with Gasteiger partial charge in [-0.05, 0) is 37.3 Å². The van der Waals surface area contributed by atoms with Crippen LogP contribution in [0.1, 0.15) is 6.92 Å². The molecule has 0 aliphatic carbocycles. The quantitative estimate of drug-likeness (QED) is 0.575. The number of anilines is 2. The number of hydrogen-bond acceptors (Lipinski definition) is 7. The van der Waals surface area contributed by atoms with Crippen LogP contribution in [0.4, 0.5) is 15.8 Å².